The topological polar surface area (TPSA) is 85.6 Å². The van der Waals surface area contributed by atoms with Crippen LogP contribution in [0.4, 0.5) is 0 Å². The first-order valence-corrected chi connectivity index (χ1v) is 9.74. The number of amides is 1. The molecular weight excluding hydrogens is 370 g/mol. The lowest BCUT2D eigenvalue weighted by molar-refractivity contribution is -0.122. The monoisotopic (exact) mass is 395 g/mol. The van der Waals surface area contributed by atoms with Gasteiger partial charge in [-0.2, -0.15) is 0 Å². The molecule has 0 saturated heterocycles. The van der Waals surface area contributed by atoms with Crippen molar-refractivity contribution in [3.05, 3.63) is 42.7 Å². The number of carbonyl (C=O) groups excluding carboxylic acids is 1. The van der Waals surface area contributed by atoms with Crippen LogP contribution in [0.15, 0.2) is 42.7 Å². The van der Waals surface area contributed by atoms with E-state index in [1.54, 1.807) is 20.4 Å². The molecule has 1 aliphatic carbocycles. The molecule has 29 heavy (non-hydrogen) atoms. The van der Waals surface area contributed by atoms with Gasteiger partial charge in [0.05, 0.1) is 37.6 Å². The fourth-order valence-corrected chi connectivity index (χ4v) is 3.99. The summed E-state index contributed by atoms with van der Waals surface area (Å²) in [5, 5.41) is 13.9. The van der Waals surface area contributed by atoms with Crippen LogP contribution in [0.1, 0.15) is 19.3 Å². The summed E-state index contributed by atoms with van der Waals surface area (Å²) < 4.78 is 12.6. The standard InChI is InChI=1S/C22H25N3O4/c1-28-18-7-6-15(12-19(18)29-2)21-22-14(8-10-23-21)9-11-25(22)13-20(27)24-16-4-3-5-17(16)26/h6-12,16-17,26H,3-5,13H2,1-2H3,(H,24,27). The average Bonchev–Trinajstić information content (AvgIpc) is 3.33. The lowest BCUT2D eigenvalue weighted by Gasteiger charge is -2.17. The summed E-state index contributed by atoms with van der Waals surface area (Å²) in [7, 11) is 3.20. The van der Waals surface area contributed by atoms with E-state index in [0.717, 1.165) is 41.4 Å². The number of nitrogens with zero attached hydrogens (tertiary/aromatic N) is 2. The predicted molar refractivity (Wildman–Crippen MR) is 110 cm³/mol. The third-order valence-electron chi connectivity index (χ3n) is 5.47. The normalized spacial score (nSPS) is 18.7. The number of hydrogen-bond donors (Lipinski definition) is 2. The molecule has 4 rings (SSSR count). The zero-order valence-corrected chi connectivity index (χ0v) is 16.6. The quantitative estimate of drug-likeness (QED) is 0.670. The summed E-state index contributed by atoms with van der Waals surface area (Å²) in [4.78, 5) is 17.2. The first-order chi connectivity index (χ1) is 14.1. The smallest absolute Gasteiger partial charge is 0.240 e. The molecule has 2 atom stereocenters. The molecule has 0 bridgehead atoms. The van der Waals surface area contributed by atoms with Gasteiger partial charge in [-0.3, -0.25) is 9.78 Å². The summed E-state index contributed by atoms with van der Waals surface area (Å²) in [5.41, 5.74) is 2.52. The Morgan fingerprint density at radius 1 is 1.21 bits per heavy atom. The molecule has 2 heterocycles. The second-order valence-electron chi connectivity index (χ2n) is 7.28. The van der Waals surface area contributed by atoms with Gasteiger partial charge in [0.1, 0.15) is 6.54 Å². The highest BCUT2D eigenvalue weighted by Gasteiger charge is 2.26. The van der Waals surface area contributed by atoms with E-state index in [1.165, 1.54) is 0 Å². The Hall–Kier alpha value is -3.06. The molecule has 2 N–H and O–H groups in total. The summed E-state index contributed by atoms with van der Waals surface area (Å²) in [6.07, 6.45) is 5.69. The summed E-state index contributed by atoms with van der Waals surface area (Å²) in [6, 6.07) is 9.39. The van der Waals surface area contributed by atoms with Crippen molar-refractivity contribution in [2.45, 2.75) is 38.0 Å². The molecule has 3 aromatic rings. The van der Waals surface area contributed by atoms with Crippen LogP contribution >= 0.6 is 0 Å². The number of nitrogens with one attached hydrogen (secondary N) is 1. The molecule has 7 nitrogen and oxygen atoms in total. The number of carbonyl (C=O) groups is 1. The minimum atomic E-state index is -0.454. The number of rotatable bonds is 6. The largest absolute Gasteiger partial charge is 0.493 e. The first kappa shape index (κ1) is 19.3. The number of fused-ring (bicyclic) bond motifs is 1. The summed E-state index contributed by atoms with van der Waals surface area (Å²) in [6.45, 7) is 0.165. The Labute approximate surface area is 169 Å². The number of aliphatic hydroxyl groups is 1. The van der Waals surface area contributed by atoms with Gasteiger partial charge in [-0.15, -0.1) is 0 Å². The Morgan fingerprint density at radius 3 is 2.76 bits per heavy atom. The molecule has 7 heteroatoms. The van der Waals surface area contributed by atoms with E-state index >= 15 is 0 Å². The van der Waals surface area contributed by atoms with E-state index in [-0.39, 0.29) is 18.5 Å². The van der Waals surface area contributed by atoms with Gasteiger partial charge in [0, 0.05) is 23.3 Å². The van der Waals surface area contributed by atoms with E-state index in [0.29, 0.717) is 11.5 Å². The van der Waals surface area contributed by atoms with Crippen molar-refractivity contribution in [3.63, 3.8) is 0 Å². The van der Waals surface area contributed by atoms with E-state index in [2.05, 4.69) is 10.3 Å². The second-order valence-corrected chi connectivity index (χ2v) is 7.28. The van der Waals surface area contributed by atoms with Gasteiger partial charge >= 0.3 is 0 Å². The van der Waals surface area contributed by atoms with Gasteiger partial charge in [-0.1, -0.05) is 0 Å². The van der Waals surface area contributed by atoms with Gasteiger partial charge in [0.2, 0.25) is 5.91 Å². The second kappa shape index (κ2) is 8.13. The Bertz CT molecular complexity index is 1030. The van der Waals surface area contributed by atoms with Gasteiger partial charge in [0.25, 0.3) is 0 Å². The molecule has 1 aromatic carbocycles. The van der Waals surface area contributed by atoms with Crippen molar-refractivity contribution in [1.29, 1.82) is 0 Å². The van der Waals surface area contributed by atoms with Crippen molar-refractivity contribution in [2.24, 2.45) is 0 Å². The van der Waals surface area contributed by atoms with E-state index in [9.17, 15) is 9.90 Å². The molecular formula is C22H25N3O4. The van der Waals surface area contributed by atoms with Crippen LogP contribution in [0.3, 0.4) is 0 Å². The van der Waals surface area contributed by atoms with E-state index < -0.39 is 6.10 Å². The van der Waals surface area contributed by atoms with Gasteiger partial charge < -0.3 is 24.5 Å². The number of hydrogen-bond acceptors (Lipinski definition) is 5. The predicted octanol–water partition coefficient (Wildman–Crippen LogP) is 2.75. The Kier molecular flexibility index (Phi) is 5.40. The first-order valence-electron chi connectivity index (χ1n) is 9.74. The SMILES string of the molecule is COc1ccc(-c2nccc3ccn(CC(=O)NC4CCCC4O)c23)cc1OC. The zero-order chi connectivity index (χ0) is 20.4. The van der Waals surface area contributed by atoms with Crippen molar-refractivity contribution >= 4 is 16.8 Å². The van der Waals surface area contributed by atoms with Crippen LogP contribution < -0.4 is 14.8 Å². The molecule has 0 aliphatic heterocycles. The Morgan fingerprint density at radius 2 is 2.03 bits per heavy atom. The van der Waals surface area contributed by atoms with Crippen LogP contribution in [-0.4, -0.2) is 46.9 Å². The minimum absolute atomic E-state index is 0.115. The van der Waals surface area contributed by atoms with Crippen LogP contribution in [-0.2, 0) is 11.3 Å². The number of pyridine rings is 1. The molecule has 2 aromatic heterocycles. The number of benzene rings is 1. The van der Waals surface area contributed by atoms with Crippen molar-refractivity contribution in [2.75, 3.05) is 14.2 Å². The highest BCUT2D eigenvalue weighted by molar-refractivity contribution is 5.93. The Balaban J connectivity index is 1.66. The highest BCUT2D eigenvalue weighted by atomic mass is 16.5. The fraction of sp³-hybridized carbons (Fsp3) is 0.364. The lowest BCUT2D eigenvalue weighted by Crippen LogP contribution is -2.41. The average molecular weight is 395 g/mol. The summed E-state index contributed by atoms with van der Waals surface area (Å²) >= 11 is 0. The highest BCUT2D eigenvalue weighted by Crippen LogP contribution is 2.34. The van der Waals surface area contributed by atoms with Crippen molar-refractivity contribution in [3.8, 4) is 22.8 Å². The fourth-order valence-electron chi connectivity index (χ4n) is 3.99. The number of aromatic nitrogens is 2. The number of methoxy groups -OCH3 is 2. The van der Waals surface area contributed by atoms with Crippen molar-refractivity contribution < 1.29 is 19.4 Å². The molecule has 2 unspecified atom stereocenters. The van der Waals surface area contributed by atoms with Crippen molar-refractivity contribution in [1.82, 2.24) is 14.9 Å². The number of ether oxygens (including phenoxy) is 2. The molecule has 152 valence electrons. The van der Waals surface area contributed by atoms with Crippen LogP contribution in [0.5, 0.6) is 11.5 Å². The van der Waals surface area contributed by atoms with Crippen LogP contribution in [0.2, 0.25) is 0 Å². The third kappa shape index (κ3) is 3.78. The maximum atomic E-state index is 12.6. The molecule has 0 radical (unpaired) electrons. The molecule has 1 amide bonds. The summed E-state index contributed by atoms with van der Waals surface area (Å²) in [5.74, 6) is 1.15. The maximum absolute atomic E-state index is 12.6. The van der Waals surface area contributed by atoms with Gasteiger partial charge in [0.15, 0.2) is 11.5 Å². The molecule has 1 aliphatic rings. The van der Waals surface area contributed by atoms with Gasteiger partial charge in [-0.25, -0.2) is 0 Å². The van der Waals surface area contributed by atoms with Crippen LogP contribution in [0.25, 0.3) is 22.2 Å². The van der Waals surface area contributed by atoms with E-state index in [4.69, 9.17) is 9.47 Å². The third-order valence-corrected chi connectivity index (χ3v) is 5.47. The molecule has 1 fully saturated rings. The molecule has 0 spiro atoms. The zero-order valence-electron chi connectivity index (χ0n) is 16.6. The lowest BCUT2D eigenvalue weighted by atomic mass is 10.1. The molecule has 1 saturated carbocycles. The number of aliphatic hydroxyl groups excluding tert-OH is 1. The minimum Gasteiger partial charge on any atom is -0.493 e. The van der Waals surface area contributed by atoms with Gasteiger partial charge in [-0.05, 0) is 49.6 Å². The van der Waals surface area contributed by atoms with Crippen LogP contribution in [0, 0.1) is 0 Å². The van der Waals surface area contributed by atoms with E-state index in [1.807, 2.05) is 41.1 Å². The maximum Gasteiger partial charge on any atom is 0.240 e.